The number of methoxy groups -OCH3 is 5. The lowest BCUT2D eigenvalue weighted by Gasteiger charge is -2.55. The molecule has 0 saturated carbocycles. The second kappa shape index (κ2) is 53.1. The van der Waals surface area contributed by atoms with E-state index in [2.05, 4.69) is 175 Å². The highest BCUT2D eigenvalue weighted by atomic mass is 35.5. The molecule has 24 atom stereocenters. The highest BCUT2D eigenvalue weighted by molar-refractivity contribution is 6.75. The molecule has 0 bridgehead atoms. The molecule has 30 heteroatoms. The van der Waals surface area contributed by atoms with Gasteiger partial charge in [0.25, 0.3) is 0 Å². The van der Waals surface area contributed by atoms with Gasteiger partial charge in [-0.2, -0.15) is 0 Å². The van der Waals surface area contributed by atoms with Crippen LogP contribution in [0.4, 0.5) is 0 Å². The number of Topliss-reactive ketones (excluding diaryl/α,β-unsaturated/α-hetero) is 1. The normalized spacial score (nSPS) is 29.0. The van der Waals surface area contributed by atoms with Gasteiger partial charge < -0.3 is 98.2 Å². The van der Waals surface area contributed by atoms with E-state index in [1.165, 1.54) is 19.9 Å². The average molecular weight is 2110 g/mol. The van der Waals surface area contributed by atoms with Gasteiger partial charge in [0.1, 0.15) is 54.1 Å². The van der Waals surface area contributed by atoms with Crippen LogP contribution in [0.2, 0.25) is 72.5 Å². The average Bonchev–Trinajstić information content (AvgIpc) is 0.742. The highest BCUT2D eigenvalue weighted by Gasteiger charge is 2.62. The number of hydrogen-bond acceptors (Lipinski definition) is 25. The zero-order valence-electron chi connectivity index (χ0n) is 93.7. The Morgan fingerprint density at radius 2 is 1.12 bits per heavy atom. The number of carbonyl (C=O) groups excluding carboxylic acids is 4. The summed E-state index contributed by atoms with van der Waals surface area (Å²) < 4.78 is 145. The molecular formula is C115H183ClO25Si4. The fourth-order valence-electron chi connectivity index (χ4n) is 21.1. The maximum atomic E-state index is 15.5. The van der Waals surface area contributed by atoms with E-state index >= 15 is 4.79 Å². The second-order valence-electron chi connectivity index (χ2n) is 46.9. The highest BCUT2D eigenvalue weighted by Crippen LogP contribution is 2.54. The molecule has 6 aliphatic rings. The van der Waals surface area contributed by atoms with E-state index in [9.17, 15) is 14.4 Å². The lowest BCUT2D eigenvalue weighted by Crippen LogP contribution is -2.67. The third kappa shape index (κ3) is 34.1. The minimum Gasteiger partial charge on any atom is -0.497 e. The smallest absolute Gasteiger partial charge is 0.308 e. The largest absolute Gasteiger partial charge is 0.497 e. The van der Waals surface area contributed by atoms with Gasteiger partial charge in [-0.3, -0.25) is 19.2 Å². The second-order valence-corrected chi connectivity index (χ2v) is 66.3. The monoisotopic (exact) mass is 2110 g/mol. The van der Waals surface area contributed by atoms with Crippen molar-refractivity contribution in [1.29, 1.82) is 0 Å². The Morgan fingerprint density at radius 3 is 1.65 bits per heavy atom. The molecule has 0 aliphatic carbocycles. The summed E-state index contributed by atoms with van der Waals surface area (Å²) in [5.74, 6) is -5.58. The van der Waals surface area contributed by atoms with Crippen LogP contribution in [0.5, 0.6) is 17.2 Å². The van der Waals surface area contributed by atoms with Crippen LogP contribution >= 0.6 is 11.6 Å². The van der Waals surface area contributed by atoms with Gasteiger partial charge in [-0.15, -0.1) is 0 Å². The minimum absolute atomic E-state index is 0.0306. The lowest BCUT2D eigenvalue weighted by molar-refractivity contribution is -0.368. The molecular weight excluding hydrogens is 1930 g/mol. The fourth-order valence-corrected chi connectivity index (χ4v) is 28.3. The van der Waals surface area contributed by atoms with Crippen molar-refractivity contribution in [2.75, 3.05) is 42.2 Å². The predicted molar refractivity (Wildman–Crippen MR) is 581 cm³/mol. The van der Waals surface area contributed by atoms with Crippen molar-refractivity contribution in [1.82, 2.24) is 0 Å². The molecule has 0 radical (unpaired) electrons. The van der Waals surface area contributed by atoms with Gasteiger partial charge in [0, 0.05) is 115 Å². The molecule has 0 N–H and O–H groups in total. The first-order valence-electron chi connectivity index (χ1n) is 53.2. The van der Waals surface area contributed by atoms with Crippen molar-refractivity contribution in [3.05, 3.63) is 162 Å². The van der Waals surface area contributed by atoms with Crippen LogP contribution in [-0.2, 0) is 123 Å². The summed E-state index contributed by atoms with van der Waals surface area (Å²) in [6, 6.07) is 26.4. The van der Waals surface area contributed by atoms with E-state index in [0.29, 0.717) is 93.4 Å². The molecule has 0 aromatic heterocycles. The standard InChI is InChI=1S/C115H183ClO25Si4/c1-35-58-126-103(120)66-94-64-96(130-83(12)117)69-114(135-94)75-112(23,141-145(36-2,37-3)38-4)67-97(136-114)61-77(6)79(8)104(131-84(13)118)80(9)99(119)65-93-63-95(124-27)68-113(134-93)70-98(139-143(31,32)110(17,18)19)62-91(133-113)42-40-39-41-43-100-81(10)102(140-144(33,34)111(20,21)22)71-115(125-28,137-100)108(129-74-87-49-56-90(123-26)57-50-87)106-82(11)105(127-72-85-45-52-88(121-24)53-46-85)107(128-73-86-47-54-89(122-25)55-48-86)101(132-106)60-76(5)59-92(51-44-78(7)116)138-142(29,30)109(14,15)16/h35,40,42,44-57,79-82,91-98,100-102,104-108H,1,5-7,36-39,41,43,58-75H2,2-4,8-34H3/b42-40-,51-44+/t79-,80-,81+,82-,91+,92-,93+,94-,95+,96+,97+,98+,100-,101-,102+,104+,105-,106-,107-,108+,112+,113+,114-,115-/m1/s1. The molecule has 816 valence electrons. The van der Waals surface area contributed by atoms with Crippen molar-refractivity contribution in [3.8, 4) is 17.2 Å². The maximum absolute atomic E-state index is 15.5. The Bertz CT molecular complexity index is 4710. The summed E-state index contributed by atoms with van der Waals surface area (Å²) in [4.78, 5) is 55.0. The van der Waals surface area contributed by atoms with E-state index in [-0.39, 0.29) is 104 Å². The zero-order valence-corrected chi connectivity index (χ0v) is 98.5. The Balaban J connectivity index is 1.03. The Morgan fingerprint density at radius 1 is 0.586 bits per heavy atom. The van der Waals surface area contributed by atoms with Gasteiger partial charge >= 0.3 is 17.9 Å². The summed E-state index contributed by atoms with van der Waals surface area (Å²) in [6.45, 7) is 71.4. The van der Waals surface area contributed by atoms with Gasteiger partial charge in [-0.1, -0.05) is 221 Å². The van der Waals surface area contributed by atoms with E-state index in [1.54, 1.807) is 35.5 Å². The molecule has 3 aromatic carbocycles. The number of ketones is 1. The molecule has 0 amide bonds. The number of benzene rings is 3. The van der Waals surface area contributed by atoms with E-state index in [0.717, 1.165) is 51.9 Å². The quantitative estimate of drug-likeness (QED) is 0.0127. The number of rotatable bonds is 52. The number of unbranched alkanes of at least 4 members (excludes halogenated alkanes) is 1. The molecule has 2 spiro atoms. The van der Waals surface area contributed by atoms with Crippen LogP contribution in [-0.4, -0.2) is 220 Å². The van der Waals surface area contributed by atoms with Crippen LogP contribution in [0.3, 0.4) is 0 Å². The van der Waals surface area contributed by atoms with E-state index in [4.69, 9.17) is 116 Å². The summed E-state index contributed by atoms with van der Waals surface area (Å²) >= 11 is 6.52. The number of halogens is 1. The Hall–Kier alpha value is -5.86. The third-order valence-corrected chi connectivity index (χ3v) is 51.0. The topological polar surface area (TPSA) is 262 Å². The number of esters is 3. The summed E-state index contributed by atoms with van der Waals surface area (Å²) in [5, 5.41) is -0.0339. The SMILES string of the molecule is C=CCOC(=O)C[C@H]1C[C@H](OC(C)=O)C[C@@]2(C[C@@](C)(O[Si](CC)(CC)CC)C[C@H](CC(=C)[C@@H](C)[C@H](OC(C)=O)[C@H](C)C(=O)C[C@@H]3C[C@H](OC)C[C@@]4(C[C@@H](O[Si](C)(C)C(C)(C)C)C[C@H](/C=C\CCC[C@H]5O[C@@](OC)([C@@H](OCc6ccc(OC)cc6)[C@@H]6O[C@H](CC(=C)C[C@@H](/C=C/C(=C)Cl)O[Si](C)(C)C(C)(C)C)[C@@H](OCc7ccc(OC)cc7)[C@H](OCc7ccc(OC)cc7)[C@H]6C)C[C@H](O[Si](C)(C)C(C)(C)C)[C@H]5C)O4)O3)O2)O1. The number of hydrogen-bond donors (Lipinski definition) is 0. The van der Waals surface area contributed by atoms with Crippen LogP contribution in [0.1, 0.15) is 257 Å². The molecule has 25 nitrogen and oxygen atoms in total. The number of ether oxygens (including phenoxy) is 17. The first kappa shape index (κ1) is 123. The Kier molecular flexibility index (Phi) is 44.9. The first-order chi connectivity index (χ1) is 67.9. The molecule has 6 heterocycles. The van der Waals surface area contributed by atoms with Crippen LogP contribution in [0.15, 0.2) is 146 Å². The van der Waals surface area contributed by atoms with Crippen molar-refractivity contribution < 1.29 is 117 Å². The third-order valence-electron chi connectivity index (χ3n) is 32.5. The number of carbonyl (C=O) groups is 4. The first-order valence-corrected chi connectivity index (χ1v) is 64.8. The molecule has 0 unspecified atom stereocenters. The van der Waals surface area contributed by atoms with Crippen molar-refractivity contribution in [2.45, 2.75) is 454 Å². The molecule has 6 saturated heterocycles. The molecule has 9 rings (SSSR count). The molecule has 6 aliphatic heterocycles. The van der Waals surface area contributed by atoms with Crippen LogP contribution < -0.4 is 14.2 Å². The molecule has 145 heavy (non-hydrogen) atoms. The van der Waals surface area contributed by atoms with E-state index in [1.807, 2.05) is 98.8 Å². The summed E-state index contributed by atoms with van der Waals surface area (Å²) in [7, 11) is -1.35. The zero-order chi connectivity index (χ0) is 107. The van der Waals surface area contributed by atoms with Gasteiger partial charge in [0.15, 0.2) is 50.6 Å². The molecule has 6 fully saturated rings. The Labute approximate surface area is 879 Å². The number of allylic oxidation sites excluding steroid dienone is 3. The maximum Gasteiger partial charge on any atom is 0.308 e. The lowest BCUT2D eigenvalue weighted by atomic mass is 9.78. The van der Waals surface area contributed by atoms with Gasteiger partial charge in [0.05, 0.1) is 132 Å². The minimum atomic E-state index is -2.58. The van der Waals surface area contributed by atoms with Crippen molar-refractivity contribution in [2.24, 2.45) is 23.7 Å². The van der Waals surface area contributed by atoms with Crippen molar-refractivity contribution >= 4 is 68.6 Å². The van der Waals surface area contributed by atoms with Gasteiger partial charge in [-0.25, -0.2) is 0 Å². The van der Waals surface area contributed by atoms with Gasteiger partial charge in [-0.05, 0) is 177 Å². The summed E-state index contributed by atoms with van der Waals surface area (Å²) in [6.07, 6.45) is 6.17. The van der Waals surface area contributed by atoms with Crippen LogP contribution in [0.25, 0.3) is 0 Å². The predicted octanol–water partition coefficient (Wildman–Crippen LogP) is 25.5. The van der Waals surface area contributed by atoms with Crippen LogP contribution in [0, 0.1) is 23.7 Å². The van der Waals surface area contributed by atoms with E-state index < -0.39 is 171 Å². The fraction of sp³-hybridized carbons (Fsp3) is 0.704. The van der Waals surface area contributed by atoms with Gasteiger partial charge in [0.2, 0.25) is 0 Å². The summed E-state index contributed by atoms with van der Waals surface area (Å²) in [5.41, 5.74) is 3.53. The molecule has 3 aromatic rings. The van der Waals surface area contributed by atoms with Crippen molar-refractivity contribution in [3.63, 3.8) is 0 Å².